The quantitative estimate of drug-likeness (QED) is 0.719. The summed E-state index contributed by atoms with van der Waals surface area (Å²) in [6.07, 6.45) is 4.15. The maximum Gasteiger partial charge on any atom is 0.153 e. The Kier molecular flexibility index (Phi) is 5.86. The molecule has 3 heterocycles. The molecule has 1 N–H and O–H groups in total. The molecular weight excluding hydrogens is 352 g/mol. The number of aromatic nitrogens is 2. The average Bonchev–Trinajstić information content (AvgIpc) is 3.05. The molecule has 0 radical (unpaired) electrons. The Bertz CT molecular complexity index is 767. The highest BCUT2D eigenvalue weighted by Gasteiger charge is 2.46. The van der Waals surface area contributed by atoms with Crippen LogP contribution < -0.4 is 0 Å². The predicted molar refractivity (Wildman–Crippen MR) is 102 cm³/mol. The van der Waals surface area contributed by atoms with Crippen molar-refractivity contribution in [2.24, 2.45) is 0 Å². The molecule has 2 aliphatic rings. The molecule has 2 aliphatic heterocycles. The highest BCUT2D eigenvalue weighted by atomic mass is 32.2. The van der Waals surface area contributed by atoms with Crippen molar-refractivity contribution in [1.29, 1.82) is 0 Å². The minimum absolute atomic E-state index is 0.0416. The molecule has 8 heteroatoms. The molecule has 0 aliphatic carbocycles. The average molecular weight is 383 g/mol. The van der Waals surface area contributed by atoms with Crippen molar-refractivity contribution in [1.82, 2.24) is 19.6 Å². The molecule has 7 nitrogen and oxygen atoms in total. The molecule has 1 aromatic heterocycles. The second-order valence-corrected chi connectivity index (χ2v) is 9.84. The maximum absolute atomic E-state index is 12.3. The molecule has 1 aromatic rings. The van der Waals surface area contributed by atoms with Crippen molar-refractivity contribution >= 4 is 9.84 Å². The van der Waals surface area contributed by atoms with Crippen LogP contribution in [0.3, 0.4) is 0 Å². The highest BCUT2D eigenvalue weighted by molar-refractivity contribution is 7.91. The molecule has 2 fully saturated rings. The summed E-state index contributed by atoms with van der Waals surface area (Å²) in [6.45, 7) is 9.94. The summed E-state index contributed by atoms with van der Waals surface area (Å²) < 4.78 is 26.4. The number of aliphatic hydroxyl groups is 1. The summed E-state index contributed by atoms with van der Waals surface area (Å²) in [5.41, 5.74) is 3.32. The summed E-state index contributed by atoms with van der Waals surface area (Å²) in [4.78, 5) is 4.63. The number of nitrogens with zero attached hydrogens (tertiary/aromatic N) is 4. The van der Waals surface area contributed by atoms with Crippen LogP contribution in [-0.2, 0) is 22.9 Å². The van der Waals surface area contributed by atoms with E-state index in [0.717, 1.165) is 30.9 Å². The van der Waals surface area contributed by atoms with Crippen LogP contribution in [0, 0.1) is 6.92 Å². The summed E-state index contributed by atoms with van der Waals surface area (Å²) in [7, 11) is -3.00. The number of aliphatic hydroxyl groups excluding tert-OH is 1. The lowest BCUT2D eigenvalue weighted by atomic mass is 10.0. The van der Waals surface area contributed by atoms with Crippen LogP contribution in [0.15, 0.2) is 17.8 Å². The maximum atomic E-state index is 12.3. The molecule has 0 bridgehead atoms. The standard InChI is InChI=1S/C18H30N4O3S/c1-14(2)4-5-20-6-7-21(18-13-26(24,25)12-17(18)20)10-16-11-22(8-9-23)19-15(16)3/h4,11,17-18,23H,5-10,12-13H2,1-3H3/t17-,18+/m1/s1. The second-order valence-electron chi connectivity index (χ2n) is 7.68. The molecule has 26 heavy (non-hydrogen) atoms. The van der Waals surface area contributed by atoms with E-state index in [4.69, 9.17) is 5.11 Å². The first kappa shape index (κ1) is 19.5. The van der Waals surface area contributed by atoms with Gasteiger partial charge in [-0.25, -0.2) is 8.42 Å². The largest absolute Gasteiger partial charge is 0.394 e. The fraction of sp³-hybridized carbons (Fsp3) is 0.722. The third-order valence-electron chi connectivity index (χ3n) is 5.39. The van der Waals surface area contributed by atoms with Gasteiger partial charge in [0, 0.05) is 50.0 Å². The molecule has 2 saturated heterocycles. The molecule has 3 rings (SSSR count). The van der Waals surface area contributed by atoms with Crippen molar-refractivity contribution in [2.75, 3.05) is 37.7 Å². The third-order valence-corrected chi connectivity index (χ3v) is 7.09. The van der Waals surface area contributed by atoms with Gasteiger partial charge in [-0.15, -0.1) is 0 Å². The molecule has 0 spiro atoms. The van der Waals surface area contributed by atoms with Crippen LogP contribution >= 0.6 is 0 Å². The van der Waals surface area contributed by atoms with Crippen molar-refractivity contribution in [3.05, 3.63) is 29.1 Å². The monoisotopic (exact) mass is 382 g/mol. The molecule has 0 aromatic carbocycles. The second kappa shape index (κ2) is 7.80. The fourth-order valence-electron chi connectivity index (χ4n) is 3.97. The van der Waals surface area contributed by atoms with Gasteiger partial charge in [0.15, 0.2) is 9.84 Å². The van der Waals surface area contributed by atoms with E-state index in [1.807, 2.05) is 13.1 Å². The Hall–Kier alpha value is -1.22. The van der Waals surface area contributed by atoms with E-state index in [0.29, 0.717) is 13.1 Å². The topological polar surface area (TPSA) is 78.7 Å². The Labute approximate surface area is 156 Å². The van der Waals surface area contributed by atoms with Crippen LogP contribution in [0.25, 0.3) is 0 Å². The van der Waals surface area contributed by atoms with Gasteiger partial charge >= 0.3 is 0 Å². The van der Waals surface area contributed by atoms with Crippen LogP contribution in [0.1, 0.15) is 25.1 Å². The van der Waals surface area contributed by atoms with Gasteiger partial charge in [0.25, 0.3) is 0 Å². The van der Waals surface area contributed by atoms with Crippen molar-refractivity contribution < 1.29 is 13.5 Å². The SMILES string of the molecule is CC(C)=CCN1CCN(Cc2cn(CCO)nc2C)[C@H]2CS(=O)(=O)C[C@H]21. The number of sulfone groups is 1. The van der Waals surface area contributed by atoms with E-state index in [1.54, 1.807) is 4.68 Å². The predicted octanol–water partition coefficient (Wildman–Crippen LogP) is 0.433. The van der Waals surface area contributed by atoms with E-state index in [2.05, 4.69) is 34.8 Å². The number of piperazine rings is 1. The lowest BCUT2D eigenvalue weighted by Crippen LogP contribution is -2.58. The van der Waals surface area contributed by atoms with Crippen LogP contribution in [-0.4, -0.2) is 82.9 Å². The van der Waals surface area contributed by atoms with Gasteiger partial charge in [-0.2, -0.15) is 5.10 Å². The Balaban J connectivity index is 1.76. The Morgan fingerprint density at radius 3 is 2.58 bits per heavy atom. The normalized spacial score (nSPS) is 26.0. The molecule has 0 saturated carbocycles. The smallest absolute Gasteiger partial charge is 0.153 e. The number of allylic oxidation sites excluding steroid dienone is 1. The first-order valence-electron chi connectivity index (χ1n) is 9.25. The van der Waals surface area contributed by atoms with Crippen LogP contribution in [0.2, 0.25) is 0 Å². The minimum Gasteiger partial charge on any atom is -0.394 e. The zero-order valence-corrected chi connectivity index (χ0v) is 16.7. The van der Waals surface area contributed by atoms with Gasteiger partial charge in [0.1, 0.15) is 0 Å². The molecule has 146 valence electrons. The van der Waals surface area contributed by atoms with Gasteiger partial charge in [-0.05, 0) is 20.8 Å². The van der Waals surface area contributed by atoms with E-state index < -0.39 is 9.84 Å². The van der Waals surface area contributed by atoms with Gasteiger partial charge in [0.2, 0.25) is 0 Å². The zero-order chi connectivity index (χ0) is 18.9. The lowest BCUT2D eigenvalue weighted by Gasteiger charge is -2.43. The molecule has 2 atom stereocenters. The number of aryl methyl sites for hydroxylation is 1. The highest BCUT2D eigenvalue weighted by Crippen LogP contribution is 2.28. The molecular formula is C18H30N4O3S. The van der Waals surface area contributed by atoms with Crippen molar-refractivity contribution in [3.8, 4) is 0 Å². The summed E-state index contributed by atoms with van der Waals surface area (Å²) >= 11 is 0. The zero-order valence-electron chi connectivity index (χ0n) is 15.9. The molecule has 0 amide bonds. The fourth-order valence-corrected chi connectivity index (χ4v) is 6.01. The number of rotatable bonds is 6. The summed E-state index contributed by atoms with van der Waals surface area (Å²) in [6, 6.07) is 0.108. The van der Waals surface area contributed by atoms with Crippen LogP contribution in [0.5, 0.6) is 0 Å². The van der Waals surface area contributed by atoms with E-state index in [-0.39, 0.29) is 30.2 Å². The first-order valence-corrected chi connectivity index (χ1v) is 11.1. The van der Waals surface area contributed by atoms with Crippen LogP contribution in [0.4, 0.5) is 0 Å². The van der Waals surface area contributed by atoms with E-state index >= 15 is 0 Å². The van der Waals surface area contributed by atoms with Gasteiger partial charge in [-0.1, -0.05) is 11.6 Å². The summed E-state index contributed by atoms with van der Waals surface area (Å²) in [5, 5.41) is 13.5. The lowest BCUT2D eigenvalue weighted by molar-refractivity contribution is 0.0476. The van der Waals surface area contributed by atoms with Crippen molar-refractivity contribution in [3.63, 3.8) is 0 Å². The van der Waals surface area contributed by atoms with E-state index in [9.17, 15) is 8.42 Å². The summed E-state index contributed by atoms with van der Waals surface area (Å²) in [5.74, 6) is 0.500. The van der Waals surface area contributed by atoms with Crippen molar-refractivity contribution in [2.45, 2.75) is 45.9 Å². The first-order chi connectivity index (χ1) is 12.3. The Morgan fingerprint density at radius 2 is 1.92 bits per heavy atom. The molecule has 0 unspecified atom stereocenters. The minimum atomic E-state index is -3.00. The Morgan fingerprint density at radius 1 is 1.27 bits per heavy atom. The number of hydrogen-bond donors (Lipinski definition) is 1. The number of hydrogen-bond acceptors (Lipinski definition) is 6. The van der Waals surface area contributed by atoms with Gasteiger partial charge < -0.3 is 5.11 Å². The van der Waals surface area contributed by atoms with Gasteiger partial charge in [-0.3, -0.25) is 14.5 Å². The third kappa shape index (κ3) is 4.36. The number of fused-ring (bicyclic) bond motifs is 1. The van der Waals surface area contributed by atoms with Gasteiger partial charge in [0.05, 0.1) is 30.4 Å². The van der Waals surface area contributed by atoms with E-state index in [1.165, 1.54) is 5.57 Å².